The average Bonchev–Trinajstić information content (AvgIpc) is 2.30. The summed E-state index contributed by atoms with van der Waals surface area (Å²) in [5, 5.41) is 0.771. The molecule has 0 atom stereocenters. The van der Waals surface area contributed by atoms with E-state index in [1.54, 1.807) is 6.92 Å². The van der Waals surface area contributed by atoms with Gasteiger partial charge in [0.05, 0.1) is 12.4 Å². The Kier molecular flexibility index (Phi) is 5.76. The third-order valence-corrected chi connectivity index (χ3v) is 3.08. The summed E-state index contributed by atoms with van der Waals surface area (Å²) in [7, 11) is 0. The third kappa shape index (κ3) is 4.22. The molecular formula is C11H17N3O2S. The van der Waals surface area contributed by atoms with E-state index in [4.69, 9.17) is 10.5 Å². The minimum absolute atomic E-state index is 0.239. The van der Waals surface area contributed by atoms with Crippen LogP contribution in [-0.4, -0.2) is 28.3 Å². The highest BCUT2D eigenvalue weighted by Crippen LogP contribution is 2.24. The zero-order chi connectivity index (χ0) is 12.7. The van der Waals surface area contributed by atoms with E-state index in [1.165, 1.54) is 18.1 Å². The molecular weight excluding hydrogens is 238 g/mol. The Morgan fingerprint density at radius 1 is 1.47 bits per heavy atom. The summed E-state index contributed by atoms with van der Waals surface area (Å²) in [5.74, 6) is 0.506. The van der Waals surface area contributed by atoms with Crippen LogP contribution in [0.15, 0.2) is 11.4 Å². The predicted molar refractivity (Wildman–Crippen MR) is 67.8 cm³/mol. The van der Waals surface area contributed by atoms with Crippen molar-refractivity contribution >= 4 is 23.5 Å². The number of anilines is 1. The number of nitrogen functional groups attached to an aromatic ring is 1. The number of thioether (sulfide) groups is 1. The molecule has 0 amide bonds. The molecule has 0 aliphatic rings. The van der Waals surface area contributed by atoms with Gasteiger partial charge in [0.25, 0.3) is 0 Å². The van der Waals surface area contributed by atoms with Crippen molar-refractivity contribution in [3.05, 3.63) is 11.9 Å². The van der Waals surface area contributed by atoms with E-state index < -0.39 is 0 Å². The van der Waals surface area contributed by atoms with Crippen molar-refractivity contribution in [2.24, 2.45) is 0 Å². The molecule has 6 heteroatoms. The molecule has 1 aromatic heterocycles. The number of nitrogens with two attached hydrogens (primary N) is 1. The van der Waals surface area contributed by atoms with Gasteiger partial charge in [-0.05, 0) is 13.3 Å². The maximum atomic E-state index is 11.3. The van der Waals surface area contributed by atoms with Gasteiger partial charge in [-0.1, -0.05) is 25.1 Å². The highest BCUT2D eigenvalue weighted by Gasteiger charge is 2.11. The van der Waals surface area contributed by atoms with Crippen molar-refractivity contribution in [2.45, 2.75) is 31.7 Å². The second-order valence-electron chi connectivity index (χ2n) is 3.39. The van der Waals surface area contributed by atoms with Crippen molar-refractivity contribution in [2.75, 3.05) is 18.1 Å². The van der Waals surface area contributed by atoms with Crippen LogP contribution in [0.2, 0.25) is 0 Å². The molecule has 0 saturated heterocycles. The van der Waals surface area contributed by atoms with Gasteiger partial charge >= 0.3 is 5.97 Å². The predicted octanol–water partition coefficient (Wildman–Crippen LogP) is 1.67. The zero-order valence-corrected chi connectivity index (χ0v) is 10.9. The van der Waals surface area contributed by atoms with Crippen LogP contribution in [0.3, 0.4) is 0 Å². The van der Waals surface area contributed by atoms with Gasteiger partial charge in [-0.15, -0.1) is 0 Å². The summed E-state index contributed by atoms with van der Waals surface area (Å²) < 4.78 is 4.86. The number of hydrogen-bond donors (Lipinski definition) is 1. The van der Waals surface area contributed by atoms with Gasteiger partial charge in [0, 0.05) is 5.56 Å². The molecule has 17 heavy (non-hydrogen) atoms. The van der Waals surface area contributed by atoms with Crippen molar-refractivity contribution in [3.63, 3.8) is 0 Å². The smallest absolute Gasteiger partial charge is 0.316 e. The Labute approximate surface area is 105 Å². The molecule has 2 N–H and O–H groups in total. The van der Waals surface area contributed by atoms with Gasteiger partial charge in [0.15, 0.2) is 0 Å². The van der Waals surface area contributed by atoms with E-state index in [2.05, 4.69) is 16.9 Å². The number of carbonyl (C=O) groups is 1. The zero-order valence-electron chi connectivity index (χ0n) is 10.1. The molecule has 1 aromatic rings. The van der Waals surface area contributed by atoms with E-state index in [1.807, 2.05) is 0 Å². The van der Waals surface area contributed by atoms with E-state index >= 15 is 0 Å². The Bertz CT molecular complexity index is 385. The first-order valence-corrected chi connectivity index (χ1v) is 6.55. The molecule has 0 radical (unpaired) electrons. The van der Waals surface area contributed by atoms with E-state index in [9.17, 15) is 4.79 Å². The number of esters is 1. The van der Waals surface area contributed by atoms with Crippen molar-refractivity contribution < 1.29 is 9.53 Å². The van der Waals surface area contributed by atoms with Crippen LogP contribution in [-0.2, 0) is 16.0 Å². The number of rotatable bonds is 6. The lowest BCUT2D eigenvalue weighted by Crippen LogP contribution is -2.08. The first-order chi connectivity index (χ1) is 8.19. The molecule has 0 bridgehead atoms. The van der Waals surface area contributed by atoms with Gasteiger partial charge in [0.1, 0.15) is 17.2 Å². The molecule has 0 unspecified atom stereocenters. The van der Waals surface area contributed by atoms with Crippen LogP contribution in [0.4, 0.5) is 5.82 Å². The fourth-order valence-corrected chi connectivity index (χ4v) is 2.19. The first kappa shape index (κ1) is 13.8. The van der Waals surface area contributed by atoms with Gasteiger partial charge < -0.3 is 10.5 Å². The minimum Gasteiger partial charge on any atom is -0.465 e. The summed E-state index contributed by atoms with van der Waals surface area (Å²) in [6, 6.07) is 0. The fourth-order valence-electron chi connectivity index (χ4n) is 1.35. The van der Waals surface area contributed by atoms with E-state index in [0.29, 0.717) is 12.4 Å². The highest BCUT2D eigenvalue weighted by molar-refractivity contribution is 7.99. The van der Waals surface area contributed by atoms with Crippen LogP contribution in [0.25, 0.3) is 0 Å². The Balaban J connectivity index is 2.69. The number of nitrogens with zero attached hydrogens (tertiary/aromatic N) is 2. The van der Waals surface area contributed by atoms with Crippen molar-refractivity contribution in [1.82, 2.24) is 9.97 Å². The summed E-state index contributed by atoms with van der Waals surface area (Å²) in [5.41, 5.74) is 6.71. The summed E-state index contributed by atoms with van der Waals surface area (Å²) in [6.45, 7) is 4.24. The molecule has 0 fully saturated rings. The molecule has 0 aromatic carbocycles. The Morgan fingerprint density at radius 2 is 2.24 bits per heavy atom. The lowest BCUT2D eigenvalue weighted by molar-refractivity contribution is -0.139. The van der Waals surface area contributed by atoms with Crippen LogP contribution >= 0.6 is 11.8 Å². The SMILES string of the molecule is CCCc1c(N)ncnc1SCC(=O)OCC. The number of ether oxygens (including phenoxy) is 1. The maximum Gasteiger partial charge on any atom is 0.316 e. The molecule has 0 saturated carbocycles. The number of hydrogen-bond acceptors (Lipinski definition) is 6. The van der Waals surface area contributed by atoms with Crippen LogP contribution < -0.4 is 5.73 Å². The normalized spacial score (nSPS) is 10.2. The second-order valence-corrected chi connectivity index (χ2v) is 4.35. The van der Waals surface area contributed by atoms with Crippen molar-refractivity contribution in [1.29, 1.82) is 0 Å². The van der Waals surface area contributed by atoms with Gasteiger partial charge in [-0.3, -0.25) is 4.79 Å². The molecule has 5 nitrogen and oxygen atoms in total. The standard InChI is InChI=1S/C11H17N3O2S/c1-3-5-8-10(12)13-7-14-11(8)17-6-9(15)16-4-2/h7H,3-6H2,1-2H3,(H2,12,13,14). The molecule has 94 valence electrons. The molecule has 0 aliphatic carbocycles. The van der Waals surface area contributed by atoms with Crippen molar-refractivity contribution in [3.8, 4) is 0 Å². The lowest BCUT2D eigenvalue weighted by Gasteiger charge is -2.08. The quantitative estimate of drug-likeness (QED) is 0.473. The summed E-state index contributed by atoms with van der Waals surface area (Å²) in [6.07, 6.45) is 3.20. The molecule has 0 aliphatic heterocycles. The van der Waals surface area contributed by atoms with Crippen LogP contribution in [0.1, 0.15) is 25.8 Å². The Hall–Kier alpha value is -1.30. The monoisotopic (exact) mass is 255 g/mol. The average molecular weight is 255 g/mol. The topological polar surface area (TPSA) is 78.1 Å². The maximum absolute atomic E-state index is 11.3. The fraction of sp³-hybridized carbons (Fsp3) is 0.545. The third-order valence-electron chi connectivity index (χ3n) is 2.07. The van der Waals surface area contributed by atoms with Crippen LogP contribution in [0.5, 0.6) is 0 Å². The molecule has 1 rings (SSSR count). The summed E-state index contributed by atoms with van der Waals surface area (Å²) >= 11 is 1.34. The largest absolute Gasteiger partial charge is 0.465 e. The number of aromatic nitrogens is 2. The molecule has 1 heterocycles. The van der Waals surface area contributed by atoms with E-state index in [-0.39, 0.29) is 11.7 Å². The van der Waals surface area contributed by atoms with Gasteiger partial charge in [-0.25, -0.2) is 9.97 Å². The first-order valence-electron chi connectivity index (χ1n) is 5.56. The van der Waals surface area contributed by atoms with Gasteiger partial charge in [-0.2, -0.15) is 0 Å². The number of carbonyl (C=O) groups excluding carboxylic acids is 1. The van der Waals surface area contributed by atoms with E-state index in [0.717, 1.165) is 23.4 Å². The van der Waals surface area contributed by atoms with Gasteiger partial charge in [0.2, 0.25) is 0 Å². The Morgan fingerprint density at radius 3 is 2.88 bits per heavy atom. The second kappa shape index (κ2) is 7.11. The van der Waals surface area contributed by atoms with Crippen LogP contribution in [0, 0.1) is 0 Å². The lowest BCUT2D eigenvalue weighted by atomic mass is 10.2. The minimum atomic E-state index is -0.239. The summed E-state index contributed by atoms with van der Waals surface area (Å²) in [4.78, 5) is 19.4. The molecule has 0 spiro atoms. The highest BCUT2D eigenvalue weighted by atomic mass is 32.2.